The van der Waals surface area contributed by atoms with Gasteiger partial charge >= 0.3 is 0 Å². The van der Waals surface area contributed by atoms with Gasteiger partial charge in [0.2, 0.25) is 5.91 Å². The van der Waals surface area contributed by atoms with E-state index in [9.17, 15) is 13.6 Å². The number of carbonyl (C=O) groups excluding carboxylic acids is 1. The second kappa shape index (κ2) is 7.08. The molecule has 3 N–H and O–H groups in total. The Balaban J connectivity index is 1.85. The van der Waals surface area contributed by atoms with Crippen molar-refractivity contribution in [1.29, 1.82) is 0 Å². The van der Waals surface area contributed by atoms with Crippen LogP contribution in [0.2, 0.25) is 0 Å². The van der Waals surface area contributed by atoms with E-state index in [2.05, 4.69) is 5.32 Å². The number of nitrogen functional groups attached to an aromatic ring is 1. The van der Waals surface area contributed by atoms with Crippen molar-refractivity contribution >= 4 is 23.4 Å². The van der Waals surface area contributed by atoms with Crippen LogP contribution in [0.4, 0.5) is 14.5 Å². The van der Waals surface area contributed by atoms with E-state index in [0.29, 0.717) is 16.1 Å². The molecule has 0 bridgehead atoms. The number of nitrogens with two attached hydrogens (primary N) is 1. The van der Waals surface area contributed by atoms with Gasteiger partial charge in [0.1, 0.15) is 11.6 Å². The monoisotopic (exact) mass is 308 g/mol. The predicted octanol–water partition coefficient (Wildman–Crippen LogP) is 2.96. The number of benzene rings is 2. The number of hydrogen-bond donors (Lipinski definition) is 2. The Hall–Kier alpha value is -2.08. The molecule has 0 fully saturated rings. The van der Waals surface area contributed by atoms with Gasteiger partial charge in [0.05, 0.1) is 5.75 Å². The van der Waals surface area contributed by atoms with Crippen LogP contribution in [0.25, 0.3) is 0 Å². The number of rotatable bonds is 5. The summed E-state index contributed by atoms with van der Waals surface area (Å²) in [6.07, 6.45) is 0. The van der Waals surface area contributed by atoms with Gasteiger partial charge in [-0.2, -0.15) is 0 Å². The minimum Gasteiger partial charge on any atom is -0.398 e. The summed E-state index contributed by atoms with van der Waals surface area (Å²) in [7, 11) is 0. The molecule has 2 rings (SSSR count). The molecule has 0 saturated heterocycles. The molecule has 3 nitrogen and oxygen atoms in total. The summed E-state index contributed by atoms with van der Waals surface area (Å²) in [5, 5.41) is 2.61. The molecule has 2 aromatic rings. The fourth-order valence-electron chi connectivity index (χ4n) is 1.66. The van der Waals surface area contributed by atoms with E-state index in [-0.39, 0.29) is 24.0 Å². The Labute approximate surface area is 125 Å². The highest BCUT2D eigenvalue weighted by Crippen LogP contribution is 2.25. The molecule has 6 heteroatoms. The number of carbonyl (C=O) groups is 1. The van der Waals surface area contributed by atoms with Crippen molar-refractivity contribution in [2.75, 3.05) is 11.5 Å². The van der Waals surface area contributed by atoms with Gasteiger partial charge in [0.15, 0.2) is 0 Å². The van der Waals surface area contributed by atoms with Crippen LogP contribution in [0.1, 0.15) is 5.56 Å². The summed E-state index contributed by atoms with van der Waals surface area (Å²) in [5.74, 6) is -0.951. The summed E-state index contributed by atoms with van der Waals surface area (Å²) < 4.78 is 26.4. The molecule has 0 aliphatic rings. The molecule has 0 radical (unpaired) electrons. The Morgan fingerprint density at radius 1 is 1.19 bits per heavy atom. The van der Waals surface area contributed by atoms with Crippen molar-refractivity contribution in [3.63, 3.8) is 0 Å². The molecule has 110 valence electrons. The minimum atomic E-state index is -0.404. The van der Waals surface area contributed by atoms with Crippen molar-refractivity contribution in [1.82, 2.24) is 5.32 Å². The molecule has 0 unspecified atom stereocenters. The van der Waals surface area contributed by atoms with Gasteiger partial charge in [-0.25, -0.2) is 8.78 Å². The van der Waals surface area contributed by atoms with Crippen LogP contribution < -0.4 is 11.1 Å². The Bertz CT molecular complexity index is 649. The zero-order valence-corrected chi connectivity index (χ0v) is 11.9. The highest BCUT2D eigenvalue weighted by atomic mass is 32.2. The SMILES string of the molecule is Nc1ccc(F)cc1SCC(=O)NCc1ccccc1F. The summed E-state index contributed by atoms with van der Waals surface area (Å²) in [6.45, 7) is 0.116. The first-order valence-corrected chi connectivity index (χ1v) is 7.23. The van der Waals surface area contributed by atoms with Crippen molar-refractivity contribution in [3.8, 4) is 0 Å². The molecule has 21 heavy (non-hydrogen) atoms. The molecule has 2 aromatic carbocycles. The van der Waals surface area contributed by atoms with Crippen LogP contribution in [0, 0.1) is 11.6 Å². The van der Waals surface area contributed by atoms with Gasteiger partial charge in [0, 0.05) is 22.7 Å². The quantitative estimate of drug-likeness (QED) is 0.659. The standard InChI is InChI=1S/C15H14F2N2OS/c16-11-5-6-13(18)14(7-11)21-9-15(20)19-8-10-3-1-2-4-12(10)17/h1-7H,8-9,18H2,(H,19,20). The maximum atomic E-state index is 13.4. The zero-order chi connectivity index (χ0) is 15.2. The number of anilines is 1. The van der Waals surface area contributed by atoms with Crippen LogP contribution in [-0.2, 0) is 11.3 Å². The fraction of sp³-hybridized carbons (Fsp3) is 0.133. The normalized spacial score (nSPS) is 10.4. The Kier molecular flexibility index (Phi) is 5.16. The Morgan fingerprint density at radius 3 is 2.71 bits per heavy atom. The van der Waals surface area contributed by atoms with Gasteiger partial charge < -0.3 is 11.1 Å². The predicted molar refractivity (Wildman–Crippen MR) is 79.8 cm³/mol. The third-order valence-corrected chi connectivity index (χ3v) is 3.84. The molecule has 0 saturated carbocycles. The average molecular weight is 308 g/mol. The number of thioether (sulfide) groups is 1. The highest BCUT2D eigenvalue weighted by molar-refractivity contribution is 8.00. The van der Waals surface area contributed by atoms with Crippen LogP contribution >= 0.6 is 11.8 Å². The van der Waals surface area contributed by atoms with Crippen LogP contribution in [0.5, 0.6) is 0 Å². The summed E-state index contributed by atoms with van der Waals surface area (Å²) in [4.78, 5) is 12.2. The van der Waals surface area contributed by atoms with Gasteiger partial charge in [-0.15, -0.1) is 11.8 Å². The molecule has 0 spiro atoms. The van der Waals surface area contributed by atoms with Crippen LogP contribution in [-0.4, -0.2) is 11.7 Å². The zero-order valence-electron chi connectivity index (χ0n) is 11.1. The lowest BCUT2D eigenvalue weighted by molar-refractivity contribution is -0.118. The minimum absolute atomic E-state index is 0.0854. The van der Waals surface area contributed by atoms with Crippen molar-refractivity contribution in [2.24, 2.45) is 0 Å². The third-order valence-electron chi connectivity index (χ3n) is 2.77. The van der Waals surface area contributed by atoms with E-state index in [1.165, 1.54) is 24.3 Å². The maximum Gasteiger partial charge on any atom is 0.230 e. The molecule has 0 aromatic heterocycles. The summed E-state index contributed by atoms with van der Waals surface area (Å²) in [6, 6.07) is 10.2. The second-order valence-corrected chi connectivity index (χ2v) is 5.36. The van der Waals surface area contributed by atoms with E-state index in [1.807, 2.05) is 0 Å². The number of hydrogen-bond acceptors (Lipinski definition) is 3. The first kappa shape index (κ1) is 15.3. The van der Waals surface area contributed by atoms with Crippen LogP contribution in [0.3, 0.4) is 0 Å². The highest BCUT2D eigenvalue weighted by Gasteiger charge is 2.07. The lowest BCUT2D eigenvalue weighted by Gasteiger charge is -2.07. The molecule has 1 amide bonds. The smallest absolute Gasteiger partial charge is 0.230 e. The van der Waals surface area contributed by atoms with Gasteiger partial charge in [-0.3, -0.25) is 4.79 Å². The molecule has 0 aliphatic carbocycles. The number of halogens is 2. The number of nitrogens with one attached hydrogen (secondary N) is 1. The van der Waals surface area contributed by atoms with Crippen molar-refractivity contribution < 1.29 is 13.6 Å². The van der Waals surface area contributed by atoms with Gasteiger partial charge in [0.25, 0.3) is 0 Å². The number of amides is 1. The molecular formula is C15H14F2N2OS. The second-order valence-electron chi connectivity index (χ2n) is 4.34. The van der Waals surface area contributed by atoms with Crippen molar-refractivity contribution in [3.05, 3.63) is 59.7 Å². The summed E-state index contributed by atoms with van der Waals surface area (Å²) >= 11 is 1.14. The van der Waals surface area contributed by atoms with E-state index in [1.54, 1.807) is 18.2 Å². The first-order valence-electron chi connectivity index (χ1n) is 6.24. The molecular weight excluding hydrogens is 294 g/mol. The van der Waals surface area contributed by atoms with Gasteiger partial charge in [-0.1, -0.05) is 18.2 Å². The Morgan fingerprint density at radius 2 is 1.95 bits per heavy atom. The van der Waals surface area contributed by atoms with Gasteiger partial charge in [-0.05, 0) is 24.3 Å². The lowest BCUT2D eigenvalue weighted by atomic mass is 10.2. The maximum absolute atomic E-state index is 13.4. The molecule has 0 heterocycles. The van der Waals surface area contributed by atoms with E-state index in [4.69, 9.17) is 5.73 Å². The van der Waals surface area contributed by atoms with Crippen molar-refractivity contribution in [2.45, 2.75) is 11.4 Å². The third kappa shape index (κ3) is 4.46. The van der Waals surface area contributed by atoms with Crippen LogP contribution in [0.15, 0.2) is 47.4 Å². The molecule has 0 aliphatic heterocycles. The first-order chi connectivity index (χ1) is 10.1. The summed E-state index contributed by atoms with van der Waals surface area (Å²) in [5.41, 5.74) is 6.53. The largest absolute Gasteiger partial charge is 0.398 e. The lowest BCUT2D eigenvalue weighted by Crippen LogP contribution is -2.25. The van der Waals surface area contributed by atoms with E-state index < -0.39 is 5.82 Å². The molecule has 0 atom stereocenters. The average Bonchev–Trinajstić information content (AvgIpc) is 2.47. The fourth-order valence-corrected chi connectivity index (χ4v) is 2.48. The topological polar surface area (TPSA) is 55.1 Å². The van der Waals surface area contributed by atoms with E-state index in [0.717, 1.165) is 11.8 Å². The van der Waals surface area contributed by atoms with E-state index >= 15 is 0 Å².